The van der Waals surface area contributed by atoms with E-state index < -0.39 is 0 Å². The Kier molecular flexibility index (Phi) is 2.70. The van der Waals surface area contributed by atoms with E-state index in [1.807, 2.05) is 29.6 Å². The van der Waals surface area contributed by atoms with Crippen molar-refractivity contribution in [3.8, 4) is 0 Å². The lowest BCUT2D eigenvalue weighted by Crippen LogP contribution is -1.91. The minimum atomic E-state index is 0.774. The van der Waals surface area contributed by atoms with E-state index >= 15 is 0 Å². The Balaban J connectivity index is 2.09. The average Bonchev–Trinajstić information content (AvgIpc) is 2.86. The maximum absolute atomic E-state index is 6.15. The lowest BCUT2D eigenvalue weighted by Gasteiger charge is -2.06. The van der Waals surface area contributed by atoms with Crippen LogP contribution in [0.2, 0.25) is 0 Å². The number of rotatable bonds is 2. The molecule has 2 heterocycles. The van der Waals surface area contributed by atoms with Gasteiger partial charge in [0.05, 0.1) is 11.2 Å². The van der Waals surface area contributed by atoms with Crippen LogP contribution in [0.25, 0.3) is 10.9 Å². The van der Waals surface area contributed by atoms with Gasteiger partial charge in [-0.1, -0.05) is 11.8 Å². The number of thiazole rings is 1. The van der Waals surface area contributed by atoms with E-state index in [9.17, 15) is 0 Å². The Labute approximate surface area is 107 Å². The van der Waals surface area contributed by atoms with Crippen LogP contribution < -0.4 is 5.73 Å². The molecule has 3 nitrogen and oxygen atoms in total. The normalized spacial score (nSPS) is 10.8. The van der Waals surface area contributed by atoms with E-state index in [0.717, 1.165) is 25.8 Å². The van der Waals surface area contributed by atoms with Gasteiger partial charge < -0.3 is 5.73 Å². The van der Waals surface area contributed by atoms with Crippen molar-refractivity contribution < 1.29 is 0 Å². The van der Waals surface area contributed by atoms with Crippen molar-refractivity contribution in [2.24, 2.45) is 0 Å². The summed E-state index contributed by atoms with van der Waals surface area (Å²) in [5.74, 6) is 0. The number of fused-ring (bicyclic) bond motifs is 1. The molecule has 17 heavy (non-hydrogen) atoms. The van der Waals surface area contributed by atoms with Crippen molar-refractivity contribution in [1.82, 2.24) is 9.97 Å². The van der Waals surface area contributed by atoms with Gasteiger partial charge in [0.25, 0.3) is 0 Å². The van der Waals surface area contributed by atoms with Gasteiger partial charge in [-0.2, -0.15) is 0 Å². The van der Waals surface area contributed by atoms with E-state index in [1.54, 1.807) is 35.5 Å². The topological polar surface area (TPSA) is 51.8 Å². The molecule has 0 saturated heterocycles. The zero-order valence-electron chi connectivity index (χ0n) is 8.83. The molecule has 1 aromatic carbocycles. The highest BCUT2D eigenvalue weighted by molar-refractivity contribution is 8.01. The van der Waals surface area contributed by atoms with Crippen molar-refractivity contribution in [1.29, 1.82) is 0 Å². The van der Waals surface area contributed by atoms with Crippen LogP contribution in [0.4, 0.5) is 5.69 Å². The maximum atomic E-state index is 6.15. The quantitative estimate of drug-likeness (QED) is 0.716. The Morgan fingerprint density at radius 2 is 2.06 bits per heavy atom. The summed E-state index contributed by atoms with van der Waals surface area (Å²) in [6, 6.07) is 7.87. The largest absolute Gasteiger partial charge is 0.397 e. The van der Waals surface area contributed by atoms with Crippen molar-refractivity contribution in [2.75, 3.05) is 5.73 Å². The third-order valence-electron chi connectivity index (χ3n) is 2.39. The highest BCUT2D eigenvalue weighted by Gasteiger charge is 2.07. The molecule has 0 aliphatic carbocycles. The Bertz CT molecular complexity index is 650. The number of aromatic nitrogens is 2. The third-order valence-corrected chi connectivity index (χ3v) is 4.35. The molecular weight excluding hydrogens is 250 g/mol. The summed E-state index contributed by atoms with van der Waals surface area (Å²) < 4.78 is 1.000. The molecule has 84 valence electrons. The van der Waals surface area contributed by atoms with E-state index in [4.69, 9.17) is 5.73 Å². The Morgan fingerprint density at radius 1 is 1.12 bits per heavy atom. The number of anilines is 1. The highest BCUT2D eigenvalue weighted by Crippen LogP contribution is 2.36. The number of nitrogens with two attached hydrogens (primary N) is 1. The predicted octanol–water partition coefficient (Wildman–Crippen LogP) is 3.42. The first-order valence-corrected chi connectivity index (χ1v) is 6.75. The summed E-state index contributed by atoms with van der Waals surface area (Å²) in [5.41, 5.74) is 7.85. The number of hydrogen-bond acceptors (Lipinski definition) is 5. The van der Waals surface area contributed by atoms with Gasteiger partial charge in [-0.3, -0.25) is 4.98 Å². The summed E-state index contributed by atoms with van der Waals surface area (Å²) in [4.78, 5) is 9.55. The molecule has 0 unspecified atom stereocenters. The molecule has 3 rings (SSSR count). The SMILES string of the molecule is Nc1c(Sc2nccs2)ccc2ncccc12. The van der Waals surface area contributed by atoms with Gasteiger partial charge >= 0.3 is 0 Å². The van der Waals surface area contributed by atoms with E-state index in [-0.39, 0.29) is 0 Å². The Morgan fingerprint density at radius 3 is 2.88 bits per heavy atom. The smallest absolute Gasteiger partial charge is 0.154 e. The van der Waals surface area contributed by atoms with E-state index in [2.05, 4.69) is 9.97 Å². The van der Waals surface area contributed by atoms with Crippen LogP contribution >= 0.6 is 23.1 Å². The summed E-state index contributed by atoms with van der Waals surface area (Å²) in [6.45, 7) is 0. The molecule has 0 fully saturated rings. The number of nitrogen functional groups attached to an aromatic ring is 1. The summed E-state index contributed by atoms with van der Waals surface area (Å²) in [5, 5.41) is 2.95. The molecule has 0 spiro atoms. The van der Waals surface area contributed by atoms with Gasteiger partial charge in [0.2, 0.25) is 0 Å². The van der Waals surface area contributed by atoms with Gasteiger partial charge in [0.15, 0.2) is 4.34 Å². The highest BCUT2D eigenvalue weighted by atomic mass is 32.2. The molecule has 0 aliphatic heterocycles. The molecule has 0 radical (unpaired) electrons. The van der Waals surface area contributed by atoms with Crippen LogP contribution in [-0.2, 0) is 0 Å². The fourth-order valence-electron chi connectivity index (χ4n) is 1.60. The summed E-state index contributed by atoms with van der Waals surface area (Å²) in [7, 11) is 0. The third kappa shape index (κ3) is 1.99. The maximum Gasteiger partial charge on any atom is 0.154 e. The first-order chi connectivity index (χ1) is 8.34. The average molecular weight is 259 g/mol. The second-order valence-electron chi connectivity index (χ2n) is 3.45. The number of nitrogens with zero attached hydrogens (tertiary/aromatic N) is 2. The first-order valence-electron chi connectivity index (χ1n) is 5.05. The fraction of sp³-hybridized carbons (Fsp3) is 0. The lowest BCUT2D eigenvalue weighted by molar-refractivity contribution is 1.25. The number of benzene rings is 1. The number of hydrogen-bond donors (Lipinski definition) is 1. The standard InChI is InChI=1S/C12H9N3S2/c13-11-8-2-1-5-14-9(8)3-4-10(11)17-12-15-6-7-16-12/h1-7H,13H2. The second kappa shape index (κ2) is 4.35. The molecule has 0 amide bonds. The minimum absolute atomic E-state index is 0.774. The van der Waals surface area contributed by atoms with Gasteiger partial charge in [-0.25, -0.2) is 4.98 Å². The van der Waals surface area contributed by atoms with Gasteiger partial charge in [0, 0.05) is 28.1 Å². The zero-order valence-corrected chi connectivity index (χ0v) is 10.5. The van der Waals surface area contributed by atoms with Crippen molar-refractivity contribution in [2.45, 2.75) is 9.24 Å². The van der Waals surface area contributed by atoms with Crippen LogP contribution in [0.5, 0.6) is 0 Å². The van der Waals surface area contributed by atoms with Gasteiger partial charge in [-0.05, 0) is 24.3 Å². The predicted molar refractivity (Wildman–Crippen MR) is 72.4 cm³/mol. The van der Waals surface area contributed by atoms with Crippen LogP contribution in [0.3, 0.4) is 0 Å². The fourth-order valence-corrected chi connectivity index (χ4v) is 3.25. The van der Waals surface area contributed by atoms with Crippen molar-refractivity contribution in [3.63, 3.8) is 0 Å². The van der Waals surface area contributed by atoms with Crippen LogP contribution in [0, 0.1) is 0 Å². The van der Waals surface area contributed by atoms with Gasteiger partial charge in [-0.15, -0.1) is 11.3 Å². The minimum Gasteiger partial charge on any atom is -0.397 e. The lowest BCUT2D eigenvalue weighted by atomic mass is 10.2. The first kappa shape index (κ1) is 10.6. The van der Waals surface area contributed by atoms with Crippen molar-refractivity contribution in [3.05, 3.63) is 42.0 Å². The Hall–Kier alpha value is -1.59. The molecular formula is C12H9N3S2. The molecule has 3 aromatic rings. The molecule has 2 N–H and O–H groups in total. The van der Waals surface area contributed by atoms with Crippen molar-refractivity contribution >= 4 is 39.7 Å². The van der Waals surface area contributed by atoms with E-state index in [1.165, 1.54) is 0 Å². The monoisotopic (exact) mass is 259 g/mol. The molecule has 5 heteroatoms. The molecule has 0 saturated carbocycles. The van der Waals surface area contributed by atoms with Crippen LogP contribution in [-0.4, -0.2) is 9.97 Å². The summed E-state index contributed by atoms with van der Waals surface area (Å²) >= 11 is 3.20. The second-order valence-corrected chi connectivity index (χ2v) is 5.63. The summed E-state index contributed by atoms with van der Waals surface area (Å²) in [6.07, 6.45) is 3.57. The molecule has 0 atom stereocenters. The van der Waals surface area contributed by atoms with E-state index in [0.29, 0.717) is 0 Å². The van der Waals surface area contributed by atoms with Gasteiger partial charge in [0.1, 0.15) is 0 Å². The molecule has 0 aliphatic rings. The zero-order chi connectivity index (χ0) is 11.7. The molecule has 2 aromatic heterocycles. The van der Waals surface area contributed by atoms with Crippen LogP contribution in [0.1, 0.15) is 0 Å². The molecule has 0 bridgehead atoms. The number of pyridine rings is 1. The van der Waals surface area contributed by atoms with Crippen LogP contribution in [0.15, 0.2) is 51.3 Å².